The normalized spacial score (nSPS) is 11.1. The molecule has 34 heavy (non-hydrogen) atoms. The maximum Gasteiger partial charge on any atom is 0.236 e. The third-order valence-corrected chi connectivity index (χ3v) is 9.51. The molecule has 1 amide bonds. The number of carbonyl (C=O) groups is 1. The monoisotopic (exact) mass is 611 g/mol. The van der Waals surface area contributed by atoms with Crippen LogP contribution >= 0.6 is 73.6 Å². The van der Waals surface area contributed by atoms with Crippen molar-refractivity contribution in [1.29, 1.82) is 0 Å². The molecule has 4 nitrogen and oxygen atoms in total. The minimum absolute atomic E-state index is 0.105. The average molecular weight is 613 g/mol. The molecule has 10 heteroatoms. The molecule has 0 radical (unpaired) electrons. The van der Waals surface area contributed by atoms with Crippen LogP contribution in [-0.4, -0.2) is 21.6 Å². The van der Waals surface area contributed by atoms with Crippen molar-refractivity contribution >= 4 is 85.3 Å². The summed E-state index contributed by atoms with van der Waals surface area (Å²) in [6, 6.07) is 14.0. The van der Waals surface area contributed by atoms with Gasteiger partial charge in [0.1, 0.15) is 5.82 Å². The highest BCUT2D eigenvalue weighted by molar-refractivity contribution is 9.11. The second-order valence-corrected chi connectivity index (χ2v) is 13.1. The molecular weight excluding hydrogens is 593 g/mol. The van der Waals surface area contributed by atoms with Gasteiger partial charge in [0.15, 0.2) is 8.26 Å². The quantitative estimate of drug-likeness (QED) is 0.204. The number of anilines is 1. The zero-order valence-corrected chi connectivity index (χ0v) is 23.9. The summed E-state index contributed by atoms with van der Waals surface area (Å²) in [6.45, 7) is 4.05. The number of aryl methyl sites for hydroxylation is 2. The highest BCUT2D eigenvalue weighted by Crippen LogP contribution is 2.32. The number of carbonyl (C=O) groups excluding carboxylic acids is 1. The Balaban J connectivity index is 1.36. The zero-order chi connectivity index (χ0) is 24.2. The molecule has 0 spiro atoms. The first-order chi connectivity index (χ1) is 16.3. The molecule has 0 bridgehead atoms. The predicted octanol–water partition coefficient (Wildman–Crippen LogP) is 8.20. The van der Waals surface area contributed by atoms with E-state index in [-0.39, 0.29) is 11.7 Å². The summed E-state index contributed by atoms with van der Waals surface area (Å²) < 4.78 is 1.61. The number of rotatable bonds is 8. The summed E-state index contributed by atoms with van der Waals surface area (Å²) >= 11 is 20.2. The Morgan fingerprint density at radius 3 is 2.41 bits per heavy atom. The van der Waals surface area contributed by atoms with Gasteiger partial charge in [0, 0.05) is 17.7 Å². The Bertz CT molecular complexity index is 1320. The van der Waals surface area contributed by atoms with Crippen LogP contribution in [-0.2, 0) is 17.6 Å². The number of thioether (sulfide) groups is 1. The zero-order valence-electron chi connectivity index (χ0n) is 18.3. The highest BCUT2D eigenvalue weighted by Gasteiger charge is 2.16. The summed E-state index contributed by atoms with van der Waals surface area (Å²) in [5.74, 6) is 0.767. The van der Waals surface area contributed by atoms with E-state index in [1.54, 1.807) is 17.4 Å². The van der Waals surface area contributed by atoms with E-state index in [1.807, 2.05) is 19.1 Å². The van der Waals surface area contributed by atoms with Gasteiger partial charge in [0.05, 0.1) is 26.4 Å². The van der Waals surface area contributed by atoms with Gasteiger partial charge in [-0.3, -0.25) is 4.79 Å². The molecular formula is C24H20BrCl2N3OS3. The van der Waals surface area contributed by atoms with E-state index < -0.39 is 0 Å². The van der Waals surface area contributed by atoms with E-state index >= 15 is 0 Å². The van der Waals surface area contributed by atoms with E-state index in [1.165, 1.54) is 34.2 Å². The van der Waals surface area contributed by atoms with Crippen molar-refractivity contribution in [1.82, 2.24) is 9.97 Å². The van der Waals surface area contributed by atoms with Crippen LogP contribution < -0.4 is 5.32 Å². The maximum atomic E-state index is 12.7. The van der Waals surface area contributed by atoms with Crippen molar-refractivity contribution in [3.05, 3.63) is 88.6 Å². The number of thiazole rings is 2. The van der Waals surface area contributed by atoms with Gasteiger partial charge in [-0.1, -0.05) is 70.9 Å². The lowest BCUT2D eigenvalue weighted by molar-refractivity contribution is -0.113. The maximum absolute atomic E-state index is 12.7. The van der Waals surface area contributed by atoms with Crippen LogP contribution in [0.3, 0.4) is 0 Å². The SMILES string of the molecule is Cc1ccc(Cc2sc(Br)nc2NC(=O)CSc2nc(C)c(Cc3ccc(Cl)c(Cl)c3)s2)cc1. The second kappa shape index (κ2) is 11.5. The van der Waals surface area contributed by atoms with Gasteiger partial charge in [-0.2, -0.15) is 0 Å². The third kappa shape index (κ3) is 6.83. The number of aromatic nitrogens is 2. The molecule has 0 fully saturated rings. The van der Waals surface area contributed by atoms with E-state index in [4.69, 9.17) is 23.2 Å². The molecule has 0 saturated carbocycles. The van der Waals surface area contributed by atoms with Crippen LogP contribution in [0.15, 0.2) is 50.7 Å². The first kappa shape index (κ1) is 25.7. The average Bonchev–Trinajstić information content (AvgIpc) is 3.32. The van der Waals surface area contributed by atoms with Gasteiger partial charge in [0.2, 0.25) is 5.91 Å². The van der Waals surface area contributed by atoms with Crippen molar-refractivity contribution < 1.29 is 4.79 Å². The lowest BCUT2D eigenvalue weighted by atomic mass is 10.1. The largest absolute Gasteiger partial charge is 0.309 e. The summed E-state index contributed by atoms with van der Waals surface area (Å²) in [5.41, 5.74) is 4.44. The third-order valence-electron chi connectivity index (χ3n) is 4.96. The van der Waals surface area contributed by atoms with Gasteiger partial charge < -0.3 is 5.32 Å². The molecule has 0 atom stereocenters. The fourth-order valence-electron chi connectivity index (χ4n) is 3.19. The molecule has 2 aromatic carbocycles. The molecule has 2 heterocycles. The number of benzene rings is 2. The number of hydrogen-bond donors (Lipinski definition) is 1. The van der Waals surface area contributed by atoms with Crippen molar-refractivity contribution in [3.8, 4) is 0 Å². The molecule has 0 aliphatic carbocycles. The molecule has 176 valence electrons. The number of halogens is 3. The van der Waals surface area contributed by atoms with Crippen LogP contribution in [0.1, 0.15) is 32.1 Å². The number of amides is 1. The Kier molecular flexibility index (Phi) is 8.71. The van der Waals surface area contributed by atoms with Gasteiger partial charge in [-0.25, -0.2) is 9.97 Å². The van der Waals surface area contributed by atoms with Crippen LogP contribution in [0.5, 0.6) is 0 Å². The summed E-state index contributed by atoms with van der Waals surface area (Å²) in [7, 11) is 0. The molecule has 2 aromatic heterocycles. The summed E-state index contributed by atoms with van der Waals surface area (Å²) in [6.07, 6.45) is 1.44. The van der Waals surface area contributed by atoms with E-state index in [2.05, 4.69) is 62.4 Å². The lowest BCUT2D eigenvalue weighted by Crippen LogP contribution is -2.15. The van der Waals surface area contributed by atoms with Gasteiger partial charge in [0.25, 0.3) is 0 Å². The summed E-state index contributed by atoms with van der Waals surface area (Å²) in [4.78, 5) is 23.9. The van der Waals surface area contributed by atoms with Crippen molar-refractivity contribution in [3.63, 3.8) is 0 Å². The van der Waals surface area contributed by atoms with Crippen LogP contribution in [0.4, 0.5) is 5.82 Å². The highest BCUT2D eigenvalue weighted by atomic mass is 79.9. The molecule has 0 aliphatic heterocycles. The van der Waals surface area contributed by atoms with Crippen molar-refractivity contribution in [2.24, 2.45) is 0 Å². The first-order valence-corrected chi connectivity index (χ1v) is 14.5. The van der Waals surface area contributed by atoms with Gasteiger partial charge >= 0.3 is 0 Å². The Labute approximate surface area is 229 Å². The fraction of sp³-hybridized carbons (Fsp3) is 0.208. The number of nitrogens with one attached hydrogen (secondary N) is 1. The molecule has 0 aliphatic rings. The lowest BCUT2D eigenvalue weighted by Gasteiger charge is -2.05. The van der Waals surface area contributed by atoms with Crippen LogP contribution in [0, 0.1) is 13.8 Å². The van der Waals surface area contributed by atoms with Gasteiger partial charge in [-0.05, 0) is 53.0 Å². The van der Waals surface area contributed by atoms with Crippen LogP contribution in [0.25, 0.3) is 0 Å². The van der Waals surface area contributed by atoms with E-state index in [0.29, 0.717) is 15.9 Å². The van der Waals surface area contributed by atoms with Gasteiger partial charge in [-0.15, -0.1) is 22.7 Å². The molecule has 1 N–H and O–H groups in total. The first-order valence-electron chi connectivity index (χ1n) is 10.3. The molecule has 4 rings (SSSR count). The topological polar surface area (TPSA) is 54.9 Å². The fourth-order valence-corrected chi connectivity index (χ4v) is 7.11. The number of hydrogen-bond acceptors (Lipinski definition) is 6. The molecule has 0 unspecified atom stereocenters. The standard InChI is InChI=1S/C24H20BrCl2N3OS3/c1-13-3-5-15(6-4-13)10-20-22(30-23(25)33-20)29-21(31)12-32-24-28-14(2)19(34-24)11-16-7-8-17(26)18(27)9-16/h3-9H,10-12H2,1-2H3,(H,29,31). The molecule has 4 aromatic rings. The smallest absolute Gasteiger partial charge is 0.236 e. The minimum atomic E-state index is -0.105. The van der Waals surface area contributed by atoms with Crippen LogP contribution in [0.2, 0.25) is 10.0 Å². The Morgan fingerprint density at radius 1 is 0.971 bits per heavy atom. The predicted molar refractivity (Wildman–Crippen MR) is 149 cm³/mol. The number of nitrogens with zero attached hydrogens (tertiary/aromatic N) is 2. The second-order valence-electron chi connectivity index (χ2n) is 7.65. The van der Waals surface area contributed by atoms with Crippen molar-refractivity contribution in [2.75, 3.05) is 11.1 Å². The van der Waals surface area contributed by atoms with E-state index in [9.17, 15) is 4.79 Å². The summed E-state index contributed by atoms with van der Waals surface area (Å²) in [5, 5.41) is 4.05. The van der Waals surface area contributed by atoms with Crippen molar-refractivity contribution in [2.45, 2.75) is 31.0 Å². The minimum Gasteiger partial charge on any atom is -0.309 e. The Morgan fingerprint density at radius 2 is 1.68 bits per heavy atom. The van der Waals surface area contributed by atoms with E-state index in [0.717, 1.165) is 42.1 Å². The Hall–Kier alpha value is -1.42. The molecule has 0 saturated heterocycles.